The highest BCUT2D eigenvalue weighted by Crippen LogP contribution is 2.25. The predicted molar refractivity (Wildman–Crippen MR) is 104 cm³/mol. The van der Waals surface area contributed by atoms with Crippen molar-refractivity contribution in [3.63, 3.8) is 0 Å². The summed E-state index contributed by atoms with van der Waals surface area (Å²) < 4.78 is 1.14. The lowest BCUT2D eigenvalue weighted by Gasteiger charge is -2.19. The summed E-state index contributed by atoms with van der Waals surface area (Å²) in [5.41, 5.74) is 2.42. The lowest BCUT2D eigenvalue weighted by molar-refractivity contribution is 0.443. The smallest absolute Gasteiger partial charge is 0.103 e. The molecule has 4 heteroatoms. The van der Waals surface area contributed by atoms with Gasteiger partial charge in [0.2, 0.25) is 0 Å². The first-order valence-electron chi connectivity index (χ1n) is 8.12. The molecule has 0 aliphatic heterocycles. The van der Waals surface area contributed by atoms with Gasteiger partial charge >= 0.3 is 0 Å². The van der Waals surface area contributed by atoms with E-state index in [0.29, 0.717) is 6.04 Å². The van der Waals surface area contributed by atoms with Gasteiger partial charge in [-0.2, -0.15) is 0 Å². The molecule has 0 saturated heterocycles. The minimum absolute atomic E-state index is 0.529. The maximum absolute atomic E-state index is 5.00. The predicted octanol–water partition coefficient (Wildman–Crippen LogP) is 6.01. The second-order valence-electron chi connectivity index (χ2n) is 5.76. The molecular weight excluding hydrogens is 356 g/mol. The van der Waals surface area contributed by atoms with E-state index in [0.717, 1.165) is 15.9 Å². The molecule has 1 fully saturated rings. The number of aryl methyl sites for hydroxylation is 1. The first kappa shape index (κ1) is 17.7. The van der Waals surface area contributed by atoms with Crippen molar-refractivity contribution in [2.45, 2.75) is 58.4 Å². The SMILES string of the molecule is CCC(=NC1CCCCC1)SC(=NC)c1ccc(Br)c(C)c1. The summed E-state index contributed by atoms with van der Waals surface area (Å²) in [4.78, 5) is 9.49. The molecule has 0 heterocycles. The van der Waals surface area contributed by atoms with Crippen molar-refractivity contribution >= 4 is 37.8 Å². The minimum Gasteiger partial charge on any atom is -0.281 e. The van der Waals surface area contributed by atoms with E-state index >= 15 is 0 Å². The van der Waals surface area contributed by atoms with Gasteiger partial charge in [-0.1, -0.05) is 59.9 Å². The van der Waals surface area contributed by atoms with Gasteiger partial charge in [0.15, 0.2) is 0 Å². The third kappa shape index (κ3) is 4.95. The fraction of sp³-hybridized carbons (Fsp3) is 0.556. The maximum Gasteiger partial charge on any atom is 0.103 e. The van der Waals surface area contributed by atoms with Crippen LogP contribution in [0.3, 0.4) is 0 Å². The highest BCUT2D eigenvalue weighted by molar-refractivity contribution is 9.10. The van der Waals surface area contributed by atoms with Crippen LogP contribution in [0.5, 0.6) is 0 Å². The molecular formula is C18H25BrN2S. The van der Waals surface area contributed by atoms with Gasteiger partial charge in [-0.25, -0.2) is 0 Å². The van der Waals surface area contributed by atoms with Gasteiger partial charge in [-0.3, -0.25) is 9.98 Å². The van der Waals surface area contributed by atoms with E-state index in [4.69, 9.17) is 4.99 Å². The quantitative estimate of drug-likeness (QED) is 0.465. The lowest BCUT2D eigenvalue weighted by atomic mass is 9.96. The third-order valence-corrected chi connectivity index (χ3v) is 6.16. The van der Waals surface area contributed by atoms with Crippen molar-refractivity contribution in [2.24, 2.45) is 9.98 Å². The molecule has 2 rings (SSSR count). The molecule has 1 aromatic carbocycles. The summed E-state index contributed by atoms with van der Waals surface area (Å²) in [5, 5.41) is 2.28. The zero-order chi connectivity index (χ0) is 15.9. The highest BCUT2D eigenvalue weighted by Gasteiger charge is 2.15. The number of rotatable bonds is 3. The van der Waals surface area contributed by atoms with Crippen LogP contribution in [0.1, 0.15) is 56.6 Å². The first-order chi connectivity index (χ1) is 10.6. The molecule has 22 heavy (non-hydrogen) atoms. The second kappa shape index (κ2) is 8.88. The topological polar surface area (TPSA) is 24.7 Å². The van der Waals surface area contributed by atoms with Crippen LogP contribution < -0.4 is 0 Å². The number of hydrogen-bond acceptors (Lipinski definition) is 3. The number of hydrogen-bond donors (Lipinski definition) is 0. The van der Waals surface area contributed by atoms with E-state index in [9.17, 15) is 0 Å². The molecule has 120 valence electrons. The zero-order valence-corrected chi connectivity index (χ0v) is 16.1. The Morgan fingerprint density at radius 1 is 1.27 bits per heavy atom. The number of nitrogens with zero attached hydrogens (tertiary/aromatic N) is 2. The molecule has 0 unspecified atom stereocenters. The third-order valence-electron chi connectivity index (χ3n) is 4.03. The van der Waals surface area contributed by atoms with Crippen molar-refractivity contribution < 1.29 is 0 Å². The molecule has 1 saturated carbocycles. The Bertz CT molecular complexity index is 560. The lowest BCUT2D eigenvalue weighted by Crippen LogP contribution is -2.12. The van der Waals surface area contributed by atoms with Crippen molar-refractivity contribution in [1.29, 1.82) is 0 Å². The summed E-state index contributed by atoms with van der Waals surface area (Å²) in [5.74, 6) is 0. The summed E-state index contributed by atoms with van der Waals surface area (Å²) in [6.45, 7) is 4.30. The van der Waals surface area contributed by atoms with E-state index in [1.54, 1.807) is 11.8 Å². The number of halogens is 1. The molecule has 0 aromatic heterocycles. The van der Waals surface area contributed by atoms with Crippen LogP contribution in [0.25, 0.3) is 0 Å². The van der Waals surface area contributed by atoms with Gasteiger partial charge in [0, 0.05) is 17.1 Å². The van der Waals surface area contributed by atoms with Crippen LogP contribution in [-0.2, 0) is 0 Å². The van der Waals surface area contributed by atoms with Crippen LogP contribution in [0.15, 0.2) is 32.7 Å². The summed E-state index contributed by atoms with van der Waals surface area (Å²) in [7, 11) is 1.87. The fourth-order valence-corrected chi connectivity index (χ4v) is 3.88. The van der Waals surface area contributed by atoms with Crippen LogP contribution in [-0.4, -0.2) is 23.2 Å². The summed E-state index contributed by atoms with van der Waals surface area (Å²) >= 11 is 5.30. The van der Waals surface area contributed by atoms with Crippen LogP contribution >= 0.6 is 27.7 Å². The second-order valence-corrected chi connectivity index (χ2v) is 7.68. The maximum atomic E-state index is 5.00. The monoisotopic (exact) mass is 380 g/mol. The molecule has 1 aromatic rings. The summed E-state index contributed by atoms with van der Waals surface area (Å²) in [6, 6.07) is 6.94. The molecule has 0 atom stereocenters. The van der Waals surface area contributed by atoms with Gasteiger partial charge < -0.3 is 0 Å². The van der Waals surface area contributed by atoms with Crippen molar-refractivity contribution in [3.8, 4) is 0 Å². The van der Waals surface area contributed by atoms with Crippen LogP contribution in [0.2, 0.25) is 0 Å². The van der Waals surface area contributed by atoms with Crippen LogP contribution in [0, 0.1) is 6.92 Å². The average Bonchev–Trinajstić information content (AvgIpc) is 2.55. The number of thioether (sulfide) groups is 1. The number of aliphatic imine (C=N–C) groups is 2. The Balaban J connectivity index is 2.13. The Morgan fingerprint density at radius 2 is 2.00 bits per heavy atom. The Kier molecular flexibility index (Phi) is 7.16. The molecule has 2 nitrogen and oxygen atoms in total. The van der Waals surface area contributed by atoms with Crippen LogP contribution in [0.4, 0.5) is 0 Å². The van der Waals surface area contributed by atoms with Crippen molar-refractivity contribution in [3.05, 3.63) is 33.8 Å². The normalized spacial score (nSPS) is 17.8. The van der Waals surface area contributed by atoms with E-state index in [1.807, 2.05) is 7.05 Å². The molecule has 0 spiro atoms. The average molecular weight is 381 g/mol. The van der Waals surface area contributed by atoms with Gasteiger partial charge in [-0.05, 0) is 43.9 Å². The molecule has 1 aliphatic rings. The van der Waals surface area contributed by atoms with Gasteiger partial charge in [0.05, 0.1) is 11.1 Å². The molecule has 0 bridgehead atoms. The van der Waals surface area contributed by atoms with E-state index in [1.165, 1.54) is 48.3 Å². The highest BCUT2D eigenvalue weighted by atomic mass is 79.9. The Hall–Kier alpha value is -0.610. The molecule has 0 amide bonds. The van der Waals surface area contributed by atoms with E-state index < -0.39 is 0 Å². The fourth-order valence-electron chi connectivity index (χ4n) is 2.73. The van der Waals surface area contributed by atoms with Gasteiger partial charge in [0.1, 0.15) is 5.04 Å². The van der Waals surface area contributed by atoms with E-state index in [-0.39, 0.29) is 0 Å². The van der Waals surface area contributed by atoms with Crippen molar-refractivity contribution in [1.82, 2.24) is 0 Å². The Morgan fingerprint density at radius 3 is 2.59 bits per heavy atom. The van der Waals surface area contributed by atoms with Gasteiger partial charge in [-0.15, -0.1) is 0 Å². The largest absolute Gasteiger partial charge is 0.281 e. The van der Waals surface area contributed by atoms with E-state index in [2.05, 4.69) is 53.0 Å². The van der Waals surface area contributed by atoms with Gasteiger partial charge in [0.25, 0.3) is 0 Å². The standard InChI is InChI=1S/C18H25BrN2S/c1-4-17(21-15-8-6-5-7-9-15)22-18(20-3)14-10-11-16(19)13(2)12-14/h10-12,15H,4-9H2,1-3H3. The Labute approximate surface area is 147 Å². The molecule has 0 radical (unpaired) electrons. The first-order valence-corrected chi connectivity index (χ1v) is 9.72. The molecule has 0 N–H and O–H groups in total. The summed E-state index contributed by atoms with van der Waals surface area (Å²) in [6.07, 6.45) is 7.52. The number of benzene rings is 1. The minimum atomic E-state index is 0.529. The zero-order valence-electron chi connectivity index (χ0n) is 13.7. The van der Waals surface area contributed by atoms with Crippen molar-refractivity contribution in [2.75, 3.05) is 7.05 Å². The molecule has 1 aliphatic carbocycles.